The number of halogens is 2. The van der Waals surface area contributed by atoms with Crippen LogP contribution in [0.15, 0.2) is 6.07 Å². The summed E-state index contributed by atoms with van der Waals surface area (Å²) in [5.41, 5.74) is -0.147. The van der Waals surface area contributed by atoms with Crippen LogP contribution < -0.4 is 5.32 Å². The summed E-state index contributed by atoms with van der Waals surface area (Å²) in [6, 6.07) is 1.82. The molecule has 0 radical (unpaired) electrons. The van der Waals surface area contributed by atoms with Gasteiger partial charge in [-0.05, 0) is 45.5 Å². The monoisotopic (exact) mass is 468 g/mol. The molecule has 178 valence electrons. The topological polar surface area (TPSA) is 68.6 Å². The van der Waals surface area contributed by atoms with E-state index in [0.29, 0.717) is 19.1 Å². The third kappa shape index (κ3) is 4.97. The molecule has 0 amide bonds. The van der Waals surface area contributed by atoms with Crippen molar-refractivity contribution in [3.63, 3.8) is 0 Å². The highest BCUT2D eigenvalue weighted by atomic mass is 28.3. The molecule has 1 fully saturated rings. The van der Waals surface area contributed by atoms with E-state index in [0.717, 1.165) is 31.4 Å². The molecule has 0 atom stereocenters. The van der Waals surface area contributed by atoms with E-state index in [1.165, 1.54) is 7.11 Å². The van der Waals surface area contributed by atoms with Gasteiger partial charge in [0.1, 0.15) is 12.2 Å². The molecule has 1 heterocycles. The van der Waals surface area contributed by atoms with Gasteiger partial charge in [0, 0.05) is 26.8 Å². The van der Waals surface area contributed by atoms with Gasteiger partial charge >= 0.3 is 5.97 Å². The van der Waals surface area contributed by atoms with Crippen LogP contribution >= 0.6 is 0 Å². The number of methoxy groups -OCH3 is 1. The number of esters is 1. The molecule has 1 N–H and O–H groups in total. The van der Waals surface area contributed by atoms with Gasteiger partial charge in [-0.2, -0.15) is 0 Å². The van der Waals surface area contributed by atoms with Crippen molar-refractivity contribution in [2.45, 2.75) is 57.2 Å². The fraction of sp³-hybridized carbons (Fsp3) is 0.636. The molecule has 0 spiro atoms. The van der Waals surface area contributed by atoms with Crippen molar-refractivity contribution in [3.8, 4) is 0 Å². The number of imidazole rings is 1. The van der Waals surface area contributed by atoms with Crippen molar-refractivity contribution in [2.75, 3.05) is 39.7 Å². The summed E-state index contributed by atoms with van der Waals surface area (Å²) in [6.07, 6.45) is 3.22. The lowest BCUT2D eigenvalue weighted by Gasteiger charge is -2.47. The number of benzene rings is 1. The van der Waals surface area contributed by atoms with Gasteiger partial charge in [-0.15, -0.1) is 0 Å². The van der Waals surface area contributed by atoms with E-state index in [1.807, 2.05) is 14.1 Å². The first-order valence-corrected chi connectivity index (χ1v) is 14.7. The van der Waals surface area contributed by atoms with E-state index in [4.69, 9.17) is 9.47 Å². The number of carbonyl (C=O) groups is 1. The molecular formula is C22H34F2N4O3Si. The lowest BCUT2D eigenvalue weighted by molar-refractivity contribution is 0.0600. The summed E-state index contributed by atoms with van der Waals surface area (Å²) >= 11 is 0. The van der Waals surface area contributed by atoms with E-state index in [9.17, 15) is 13.6 Å². The van der Waals surface area contributed by atoms with Gasteiger partial charge in [0.15, 0.2) is 11.6 Å². The minimum atomic E-state index is -1.30. The van der Waals surface area contributed by atoms with E-state index < -0.39 is 25.7 Å². The highest BCUT2D eigenvalue weighted by molar-refractivity contribution is 6.76. The van der Waals surface area contributed by atoms with E-state index >= 15 is 0 Å². The van der Waals surface area contributed by atoms with Crippen LogP contribution in [0.5, 0.6) is 0 Å². The molecule has 0 aliphatic heterocycles. The second kappa shape index (κ2) is 9.44. The van der Waals surface area contributed by atoms with Crippen LogP contribution in [0.4, 0.5) is 14.7 Å². The van der Waals surface area contributed by atoms with Crippen molar-refractivity contribution >= 4 is 31.0 Å². The number of fused-ring (bicyclic) bond motifs is 1. The number of nitrogens with zero attached hydrogens (tertiary/aromatic N) is 3. The number of anilines is 1. The van der Waals surface area contributed by atoms with Crippen molar-refractivity contribution in [1.82, 2.24) is 14.5 Å². The van der Waals surface area contributed by atoms with Crippen LogP contribution in [0.25, 0.3) is 11.0 Å². The number of ether oxygens (including phenoxy) is 2. The van der Waals surface area contributed by atoms with Gasteiger partial charge in [-0.1, -0.05) is 19.6 Å². The molecule has 2 aromatic rings. The summed E-state index contributed by atoms with van der Waals surface area (Å²) in [6.45, 7) is 7.95. The average Bonchev–Trinajstić information content (AvgIpc) is 3.04. The zero-order chi connectivity index (χ0) is 23.7. The fourth-order valence-corrected chi connectivity index (χ4v) is 4.68. The molecule has 1 aromatic carbocycles. The summed E-state index contributed by atoms with van der Waals surface area (Å²) in [5, 5.41) is 3.31. The van der Waals surface area contributed by atoms with E-state index in [-0.39, 0.29) is 28.9 Å². The zero-order valence-corrected chi connectivity index (χ0v) is 20.8. The molecule has 0 unspecified atom stereocenters. The molecule has 0 bridgehead atoms. The van der Waals surface area contributed by atoms with Crippen molar-refractivity contribution in [3.05, 3.63) is 23.3 Å². The zero-order valence-electron chi connectivity index (χ0n) is 19.8. The first-order chi connectivity index (χ1) is 15.0. The highest BCUT2D eigenvalue weighted by Gasteiger charge is 2.39. The Morgan fingerprint density at radius 1 is 1.31 bits per heavy atom. The smallest absolute Gasteiger partial charge is 0.340 e. The second-order valence-corrected chi connectivity index (χ2v) is 15.6. The summed E-state index contributed by atoms with van der Waals surface area (Å²) in [7, 11) is 3.97. The molecular weight excluding hydrogens is 434 g/mol. The lowest BCUT2D eigenvalue weighted by Crippen LogP contribution is -2.54. The Labute approximate surface area is 189 Å². The quantitative estimate of drug-likeness (QED) is 0.318. The number of nitrogens with one attached hydrogen (secondary N) is 1. The molecule has 7 nitrogen and oxygen atoms in total. The van der Waals surface area contributed by atoms with Gasteiger partial charge in [0.25, 0.3) is 0 Å². The van der Waals surface area contributed by atoms with Crippen LogP contribution in [-0.4, -0.2) is 68.4 Å². The first-order valence-electron chi connectivity index (χ1n) is 10.9. The molecule has 10 heteroatoms. The van der Waals surface area contributed by atoms with Crippen molar-refractivity contribution < 1.29 is 23.0 Å². The Kier molecular flexibility index (Phi) is 7.26. The van der Waals surface area contributed by atoms with Gasteiger partial charge in [-0.3, -0.25) is 4.57 Å². The lowest BCUT2D eigenvalue weighted by atomic mass is 9.75. The van der Waals surface area contributed by atoms with E-state index in [2.05, 4.69) is 34.8 Å². The predicted octanol–water partition coefficient (Wildman–Crippen LogP) is 4.31. The number of aromatic nitrogens is 2. The predicted molar refractivity (Wildman–Crippen MR) is 124 cm³/mol. The highest BCUT2D eigenvalue weighted by Crippen LogP contribution is 2.37. The Morgan fingerprint density at radius 3 is 2.53 bits per heavy atom. The van der Waals surface area contributed by atoms with Gasteiger partial charge < -0.3 is 19.7 Å². The maximum Gasteiger partial charge on any atom is 0.340 e. The molecule has 32 heavy (non-hydrogen) atoms. The molecule has 1 saturated carbocycles. The number of hydrogen-bond donors (Lipinski definition) is 1. The van der Waals surface area contributed by atoms with Crippen LogP contribution in [0.2, 0.25) is 25.7 Å². The molecule has 3 rings (SSSR count). The van der Waals surface area contributed by atoms with Gasteiger partial charge in [-0.25, -0.2) is 18.6 Å². The van der Waals surface area contributed by atoms with Crippen LogP contribution in [0.1, 0.15) is 29.6 Å². The van der Waals surface area contributed by atoms with E-state index in [1.54, 1.807) is 4.57 Å². The molecule has 1 aromatic heterocycles. The van der Waals surface area contributed by atoms with Gasteiger partial charge in [0.2, 0.25) is 5.95 Å². The normalized spacial score (nSPS) is 15.8. The minimum absolute atomic E-state index is 0.0172. The summed E-state index contributed by atoms with van der Waals surface area (Å²) in [4.78, 5) is 18.9. The third-order valence-electron chi connectivity index (χ3n) is 6.34. The van der Waals surface area contributed by atoms with Crippen LogP contribution in [-0.2, 0) is 16.2 Å². The Balaban J connectivity index is 2.00. The standard InChI is InChI=1S/C22H34F2N4O3Si/c1-27(2)22(8-7-9-22)13-25-21-26-18-17(24)16(23)12-15(20(29)30-3)19(18)28(21)14-31-10-11-32(4,5)6/h12H,7-11,13-14H2,1-6H3,(H,25,26). The largest absolute Gasteiger partial charge is 0.465 e. The first kappa shape index (κ1) is 24.6. The molecule has 0 saturated heterocycles. The van der Waals surface area contributed by atoms with Crippen molar-refractivity contribution in [1.29, 1.82) is 0 Å². The van der Waals surface area contributed by atoms with Crippen molar-refractivity contribution in [2.24, 2.45) is 0 Å². The SMILES string of the molecule is COC(=O)c1cc(F)c(F)c2nc(NCC3(N(C)C)CCC3)n(COCC[Si](C)(C)C)c12. The number of rotatable bonds is 10. The second-order valence-electron chi connectivity index (χ2n) is 9.95. The van der Waals surface area contributed by atoms with Crippen LogP contribution in [0, 0.1) is 11.6 Å². The summed E-state index contributed by atoms with van der Waals surface area (Å²) in [5.74, 6) is -2.65. The fourth-order valence-electron chi connectivity index (χ4n) is 3.92. The Hall–Kier alpha value is -2.04. The van der Waals surface area contributed by atoms with Crippen LogP contribution in [0.3, 0.4) is 0 Å². The Bertz CT molecular complexity index is 984. The minimum Gasteiger partial charge on any atom is -0.465 e. The summed E-state index contributed by atoms with van der Waals surface area (Å²) < 4.78 is 41.3. The number of carbonyl (C=O) groups excluding carboxylic acids is 1. The molecule has 1 aliphatic rings. The Morgan fingerprint density at radius 2 is 2.00 bits per heavy atom. The molecule has 1 aliphatic carbocycles. The number of hydrogen-bond acceptors (Lipinski definition) is 6. The third-order valence-corrected chi connectivity index (χ3v) is 8.05. The maximum absolute atomic E-state index is 14.7. The maximum atomic E-state index is 14.7. The average molecular weight is 469 g/mol. The van der Waals surface area contributed by atoms with Gasteiger partial charge in [0.05, 0.1) is 18.2 Å². The number of likely N-dealkylation sites (N-methyl/N-ethyl adjacent to an activating group) is 1.